The van der Waals surface area contributed by atoms with E-state index in [9.17, 15) is 0 Å². The largest absolute Gasteiger partial charge is 0.333 e. The maximum absolute atomic E-state index is 6.06. The first kappa shape index (κ1) is 12.6. The summed E-state index contributed by atoms with van der Waals surface area (Å²) in [6.45, 7) is 8.32. The average molecular weight is 236 g/mol. The molecule has 0 amide bonds. The second kappa shape index (κ2) is 5.19. The molecule has 0 aromatic carbocycles. The Labute approximate surface area is 104 Å². The summed E-state index contributed by atoms with van der Waals surface area (Å²) in [6.07, 6.45) is 7.46. The van der Waals surface area contributed by atoms with Crippen molar-refractivity contribution in [3.05, 3.63) is 18.2 Å². The molecule has 1 aliphatic rings. The van der Waals surface area contributed by atoms with Crippen molar-refractivity contribution >= 4 is 0 Å². The molecule has 1 aromatic heterocycles. The van der Waals surface area contributed by atoms with Crippen molar-refractivity contribution < 1.29 is 0 Å². The fraction of sp³-hybridized carbons (Fsp3) is 0.769. The molecule has 96 valence electrons. The van der Waals surface area contributed by atoms with E-state index in [-0.39, 0.29) is 5.54 Å². The summed E-state index contributed by atoms with van der Waals surface area (Å²) in [6, 6.07) is 0. The van der Waals surface area contributed by atoms with Crippen molar-refractivity contribution in [2.24, 2.45) is 5.73 Å². The van der Waals surface area contributed by atoms with Crippen molar-refractivity contribution in [2.45, 2.75) is 51.7 Å². The first-order valence-corrected chi connectivity index (χ1v) is 6.71. The van der Waals surface area contributed by atoms with E-state index in [1.807, 2.05) is 6.20 Å². The van der Waals surface area contributed by atoms with Crippen molar-refractivity contribution in [1.29, 1.82) is 0 Å². The van der Waals surface area contributed by atoms with Crippen LogP contribution >= 0.6 is 0 Å². The van der Waals surface area contributed by atoms with Gasteiger partial charge >= 0.3 is 0 Å². The van der Waals surface area contributed by atoms with Crippen LogP contribution in [-0.2, 0) is 13.1 Å². The normalized spacial score (nSPS) is 19.9. The molecule has 2 rings (SSSR count). The van der Waals surface area contributed by atoms with Gasteiger partial charge in [0.2, 0.25) is 0 Å². The molecule has 1 aromatic rings. The second-order valence-corrected chi connectivity index (χ2v) is 4.99. The summed E-state index contributed by atoms with van der Waals surface area (Å²) in [5.74, 6) is 1.18. The van der Waals surface area contributed by atoms with Crippen LogP contribution in [0.1, 0.15) is 38.9 Å². The van der Waals surface area contributed by atoms with Crippen LogP contribution in [0.3, 0.4) is 0 Å². The lowest BCUT2D eigenvalue weighted by atomic mass is 9.88. The molecule has 0 aliphatic carbocycles. The van der Waals surface area contributed by atoms with Gasteiger partial charge in [0.05, 0.1) is 6.54 Å². The van der Waals surface area contributed by atoms with Crippen molar-refractivity contribution in [3.8, 4) is 0 Å². The van der Waals surface area contributed by atoms with Crippen LogP contribution in [0.5, 0.6) is 0 Å². The molecule has 4 heteroatoms. The topological polar surface area (TPSA) is 47.1 Å². The number of hydrogen-bond acceptors (Lipinski definition) is 3. The molecule has 1 atom stereocenters. The maximum atomic E-state index is 6.06. The molecule has 0 saturated carbocycles. The Morgan fingerprint density at radius 2 is 2.24 bits per heavy atom. The number of imidazole rings is 1. The Hall–Kier alpha value is -0.870. The Bertz CT molecular complexity index is 354. The summed E-state index contributed by atoms with van der Waals surface area (Å²) >= 11 is 0. The summed E-state index contributed by atoms with van der Waals surface area (Å²) < 4.78 is 2.25. The van der Waals surface area contributed by atoms with E-state index in [1.165, 1.54) is 18.7 Å². The first-order chi connectivity index (χ1) is 8.25. The molecule has 0 bridgehead atoms. The molecule has 1 unspecified atom stereocenters. The van der Waals surface area contributed by atoms with Gasteiger partial charge in [-0.2, -0.15) is 0 Å². The predicted octanol–water partition coefficient (Wildman–Crippen LogP) is 1.61. The van der Waals surface area contributed by atoms with Gasteiger partial charge < -0.3 is 10.3 Å². The van der Waals surface area contributed by atoms with Gasteiger partial charge in [-0.25, -0.2) is 4.98 Å². The molecular formula is C13H24N4. The van der Waals surface area contributed by atoms with Crippen LogP contribution in [0.15, 0.2) is 12.4 Å². The molecule has 0 saturated heterocycles. The van der Waals surface area contributed by atoms with E-state index >= 15 is 0 Å². The van der Waals surface area contributed by atoms with Gasteiger partial charge in [-0.3, -0.25) is 4.90 Å². The Morgan fingerprint density at radius 1 is 1.41 bits per heavy atom. The minimum Gasteiger partial charge on any atom is -0.333 e. The molecule has 1 aliphatic heterocycles. The highest BCUT2D eigenvalue weighted by molar-refractivity contribution is 5.00. The lowest BCUT2D eigenvalue weighted by molar-refractivity contribution is 0.0512. The van der Waals surface area contributed by atoms with Crippen molar-refractivity contribution in [1.82, 2.24) is 14.5 Å². The highest BCUT2D eigenvalue weighted by atomic mass is 15.3. The van der Waals surface area contributed by atoms with Crippen molar-refractivity contribution in [3.63, 3.8) is 0 Å². The quantitative estimate of drug-likeness (QED) is 0.845. The number of fused-ring (bicyclic) bond motifs is 1. The van der Waals surface area contributed by atoms with Gasteiger partial charge in [-0.15, -0.1) is 0 Å². The van der Waals surface area contributed by atoms with E-state index in [1.54, 1.807) is 0 Å². The molecule has 17 heavy (non-hydrogen) atoms. The molecule has 0 spiro atoms. The number of rotatable bonds is 5. The lowest BCUT2D eigenvalue weighted by Gasteiger charge is -2.45. The van der Waals surface area contributed by atoms with Gasteiger partial charge in [-0.1, -0.05) is 20.3 Å². The summed E-state index contributed by atoms with van der Waals surface area (Å²) in [7, 11) is 0. The minimum absolute atomic E-state index is 0.173. The van der Waals surface area contributed by atoms with Crippen LogP contribution in [0.2, 0.25) is 0 Å². The third-order valence-electron chi connectivity index (χ3n) is 4.17. The number of aromatic nitrogens is 2. The van der Waals surface area contributed by atoms with Crippen LogP contribution in [0.4, 0.5) is 0 Å². The zero-order valence-electron chi connectivity index (χ0n) is 11.0. The Balaban J connectivity index is 2.16. The minimum atomic E-state index is 0.173. The Morgan fingerprint density at radius 3 is 2.88 bits per heavy atom. The maximum Gasteiger partial charge on any atom is 0.122 e. The van der Waals surface area contributed by atoms with E-state index in [2.05, 4.69) is 34.5 Å². The van der Waals surface area contributed by atoms with Gasteiger partial charge in [-0.05, 0) is 12.8 Å². The van der Waals surface area contributed by atoms with Crippen LogP contribution in [-0.4, -0.2) is 33.1 Å². The molecule has 4 nitrogen and oxygen atoms in total. The van der Waals surface area contributed by atoms with Crippen molar-refractivity contribution in [2.75, 3.05) is 13.1 Å². The van der Waals surface area contributed by atoms with Gasteiger partial charge in [0, 0.05) is 37.6 Å². The molecule has 2 heterocycles. The molecule has 0 radical (unpaired) electrons. The monoisotopic (exact) mass is 236 g/mol. The average Bonchev–Trinajstić information content (AvgIpc) is 2.83. The van der Waals surface area contributed by atoms with Gasteiger partial charge in [0.25, 0.3) is 0 Å². The van der Waals surface area contributed by atoms with E-state index in [0.717, 1.165) is 32.6 Å². The molecule has 2 N–H and O–H groups in total. The zero-order valence-corrected chi connectivity index (χ0v) is 11.0. The van der Waals surface area contributed by atoms with E-state index in [4.69, 9.17) is 5.73 Å². The standard InChI is InChI=1S/C13H24N4/c1-3-5-13(4-2,11-14)17-9-8-16-7-6-15-12(16)10-17/h6-7H,3-5,8-11,14H2,1-2H3. The SMILES string of the molecule is CCCC(CC)(CN)N1CCn2ccnc2C1. The van der Waals surface area contributed by atoms with Gasteiger partial charge in [0.1, 0.15) is 5.82 Å². The third-order valence-corrected chi connectivity index (χ3v) is 4.17. The fourth-order valence-electron chi connectivity index (χ4n) is 2.98. The lowest BCUT2D eigenvalue weighted by Crippen LogP contribution is -2.55. The highest BCUT2D eigenvalue weighted by Crippen LogP contribution is 2.28. The predicted molar refractivity (Wildman–Crippen MR) is 69.6 cm³/mol. The van der Waals surface area contributed by atoms with Crippen LogP contribution < -0.4 is 5.73 Å². The summed E-state index contributed by atoms with van der Waals surface area (Å²) in [5.41, 5.74) is 6.23. The number of nitrogens with two attached hydrogens (primary N) is 1. The smallest absolute Gasteiger partial charge is 0.122 e. The fourth-order valence-corrected chi connectivity index (χ4v) is 2.98. The van der Waals surface area contributed by atoms with E-state index in [0.29, 0.717) is 0 Å². The molecule has 0 fully saturated rings. The number of hydrogen-bond donors (Lipinski definition) is 1. The third kappa shape index (κ3) is 2.24. The Kier molecular flexibility index (Phi) is 3.84. The number of nitrogens with zero attached hydrogens (tertiary/aromatic N) is 3. The van der Waals surface area contributed by atoms with Gasteiger partial charge in [0.15, 0.2) is 0 Å². The highest BCUT2D eigenvalue weighted by Gasteiger charge is 2.35. The second-order valence-electron chi connectivity index (χ2n) is 4.99. The summed E-state index contributed by atoms with van der Waals surface area (Å²) in [5, 5.41) is 0. The molecular weight excluding hydrogens is 212 g/mol. The zero-order chi connectivity index (χ0) is 12.3. The van der Waals surface area contributed by atoms with E-state index < -0.39 is 0 Å². The summed E-state index contributed by atoms with van der Waals surface area (Å²) in [4.78, 5) is 6.97. The van der Waals surface area contributed by atoms with Crippen LogP contribution in [0.25, 0.3) is 0 Å². The first-order valence-electron chi connectivity index (χ1n) is 6.71. The van der Waals surface area contributed by atoms with Crippen LogP contribution in [0, 0.1) is 0 Å².